The van der Waals surface area contributed by atoms with Gasteiger partial charge in [-0.1, -0.05) is 0 Å². The van der Waals surface area contributed by atoms with Gasteiger partial charge in [0, 0.05) is 13.1 Å². The van der Waals surface area contributed by atoms with Crippen molar-refractivity contribution in [1.82, 2.24) is 9.62 Å². The quantitative estimate of drug-likeness (QED) is 0.865. The van der Waals surface area contributed by atoms with Crippen LogP contribution in [0, 0.1) is 12.8 Å². The predicted molar refractivity (Wildman–Crippen MR) is 88.8 cm³/mol. The minimum Gasteiger partial charge on any atom is -0.319 e. The number of nitrogens with zero attached hydrogens (tertiary/aromatic N) is 1. The van der Waals surface area contributed by atoms with Crippen LogP contribution in [0.1, 0.15) is 24.0 Å². The number of sulfonamides is 1. The third-order valence-electron chi connectivity index (χ3n) is 4.19. The Morgan fingerprint density at radius 3 is 2.29 bits per heavy atom. The molecule has 4 nitrogen and oxygen atoms in total. The van der Waals surface area contributed by atoms with Gasteiger partial charge in [0.1, 0.15) is 0 Å². The van der Waals surface area contributed by atoms with Gasteiger partial charge >= 0.3 is 6.18 Å². The normalized spacial score (nSPS) is 17.5. The number of hydrogen-bond acceptors (Lipinski definition) is 3. The van der Waals surface area contributed by atoms with Crippen molar-refractivity contribution in [3.63, 3.8) is 0 Å². The third-order valence-corrected chi connectivity index (χ3v) is 6.25. The molecule has 9 heteroatoms. The largest absolute Gasteiger partial charge is 0.416 e. The molecule has 1 aromatic carbocycles. The number of alkyl halides is 3. The zero-order chi connectivity index (χ0) is 17.3. The van der Waals surface area contributed by atoms with E-state index in [-0.39, 0.29) is 22.9 Å². The Hall–Kier alpha value is -0.830. The van der Waals surface area contributed by atoms with Crippen molar-refractivity contribution in [1.29, 1.82) is 0 Å². The molecule has 0 saturated carbocycles. The highest BCUT2D eigenvalue weighted by molar-refractivity contribution is 7.89. The first kappa shape index (κ1) is 21.2. The number of piperidine rings is 1. The fourth-order valence-electron chi connectivity index (χ4n) is 2.90. The van der Waals surface area contributed by atoms with Crippen LogP contribution in [0.15, 0.2) is 23.1 Å². The molecule has 0 bridgehead atoms. The number of benzene rings is 1. The lowest BCUT2D eigenvalue weighted by Crippen LogP contribution is -2.40. The van der Waals surface area contributed by atoms with E-state index < -0.39 is 21.8 Å². The molecule has 0 aromatic heterocycles. The molecule has 138 valence electrons. The van der Waals surface area contributed by atoms with Gasteiger partial charge in [0.25, 0.3) is 0 Å². The molecule has 0 unspecified atom stereocenters. The van der Waals surface area contributed by atoms with Crippen molar-refractivity contribution in [2.24, 2.45) is 5.92 Å². The van der Waals surface area contributed by atoms with Crippen LogP contribution in [0.2, 0.25) is 0 Å². The molecule has 1 heterocycles. The summed E-state index contributed by atoms with van der Waals surface area (Å²) >= 11 is 0. The topological polar surface area (TPSA) is 49.4 Å². The van der Waals surface area contributed by atoms with Crippen molar-refractivity contribution in [3.05, 3.63) is 29.3 Å². The summed E-state index contributed by atoms with van der Waals surface area (Å²) in [5.74, 6) is 0.431. The maximum absolute atomic E-state index is 12.7. The Labute approximate surface area is 146 Å². The summed E-state index contributed by atoms with van der Waals surface area (Å²) < 4.78 is 64.8. The second-order valence-corrected chi connectivity index (χ2v) is 7.79. The molecular formula is C15H22ClF3N2O2S. The van der Waals surface area contributed by atoms with Gasteiger partial charge in [0.15, 0.2) is 0 Å². The van der Waals surface area contributed by atoms with Gasteiger partial charge in [-0.3, -0.25) is 0 Å². The average Bonchev–Trinajstić information content (AvgIpc) is 2.47. The number of aryl methyl sites for hydroxylation is 1. The highest BCUT2D eigenvalue weighted by Crippen LogP contribution is 2.32. The van der Waals surface area contributed by atoms with E-state index in [0.717, 1.165) is 37.6 Å². The van der Waals surface area contributed by atoms with Crippen LogP contribution in [-0.2, 0) is 16.2 Å². The van der Waals surface area contributed by atoms with Crippen molar-refractivity contribution in [2.45, 2.75) is 30.8 Å². The van der Waals surface area contributed by atoms with Gasteiger partial charge in [0.05, 0.1) is 10.5 Å². The van der Waals surface area contributed by atoms with Crippen molar-refractivity contribution >= 4 is 22.4 Å². The Bertz CT molecular complexity index is 657. The lowest BCUT2D eigenvalue weighted by molar-refractivity contribution is -0.137. The van der Waals surface area contributed by atoms with E-state index in [1.165, 1.54) is 11.2 Å². The van der Waals surface area contributed by atoms with Gasteiger partial charge in [-0.2, -0.15) is 17.5 Å². The summed E-state index contributed by atoms with van der Waals surface area (Å²) in [5, 5.41) is 3.08. The molecule has 1 aromatic rings. The van der Waals surface area contributed by atoms with E-state index in [2.05, 4.69) is 5.32 Å². The number of nitrogens with one attached hydrogen (secondary N) is 1. The van der Waals surface area contributed by atoms with Crippen LogP contribution in [-0.4, -0.2) is 39.4 Å². The van der Waals surface area contributed by atoms with Crippen LogP contribution in [0.3, 0.4) is 0 Å². The predicted octanol–water partition coefficient (Wildman–Crippen LogP) is 3.06. The van der Waals surface area contributed by atoms with Crippen molar-refractivity contribution in [3.8, 4) is 0 Å². The minimum absolute atomic E-state index is 0. The first-order chi connectivity index (χ1) is 10.7. The maximum atomic E-state index is 12.7. The Morgan fingerprint density at radius 2 is 1.83 bits per heavy atom. The lowest BCUT2D eigenvalue weighted by atomic mass is 9.98. The first-order valence-electron chi connectivity index (χ1n) is 7.49. The van der Waals surface area contributed by atoms with Gasteiger partial charge in [-0.15, -0.1) is 12.4 Å². The monoisotopic (exact) mass is 386 g/mol. The molecule has 0 spiro atoms. The second kappa shape index (κ2) is 8.03. The zero-order valence-electron chi connectivity index (χ0n) is 13.6. The fourth-order valence-corrected chi connectivity index (χ4v) is 4.57. The highest BCUT2D eigenvalue weighted by Gasteiger charge is 2.34. The summed E-state index contributed by atoms with van der Waals surface area (Å²) in [6.07, 6.45) is -2.97. The Kier molecular flexibility index (Phi) is 7.10. The molecule has 1 N–H and O–H groups in total. The lowest BCUT2D eigenvalue weighted by Gasteiger charge is -2.31. The molecule has 24 heavy (non-hydrogen) atoms. The summed E-state index contributed by atoms with van der Waals surface area (Å²) in [6, 6.07) is 2.78. The molecule has 0 radical (unpaired) electrons. The molecule has 1 aliphatic rings. The number of halogens is 4. The van der Waals surface area contributed by atoms with Crippen LogP contribution in [0.25, 0.3) is 0 Å². The summed E-state index contributed by atoms with van der Waals surface area (Å²) in [7, 11) is -1.89. The molecule has 0 atom stereocenters. The maximum Gasteiger partial charge on any atom is 0.416 e. The number of hydrogen-bond donors (Lipinski definition) is 1. The van der Waals surface area contributed by atoms with Crippen molar-refractivity contribution in [2.75, 3.05) is 26.7 Å². The van der Waals surface area contributed by atoms with E-state index in [4.69, 9.17) is 0 Å². The molecule has 1 saturated heterocycles. The molecular weight excluding hydrogens is 365 g/mol. The molecule has 0 amide bonds. The molecule has 1 aliphatic heterocycles. The highest BCUT2D eigenvalue weighted by atomic mass is 35.5. The summed E-state index contributed by atoms with van der Waals surface area (Å²) in [6.45, 7) is 3.04. The smallest absolute Gasteiger partial charge is 0.319 e. The molecule has 2 rings (SSSR count). The van der Waals surface area contributed by atoms with Gasteiger partial charge in [-0.05, 0) is 63.0 Å². The summed E-state index contributed by atoms with van der Waals surface area (Å²) in [4.78, 5) is -0.0439. The van der Waals surface area contributed by atoms with Gasteiger partial charge in [-0.25, -0.2) is 8.42 Å². The van der Waals surface area contributed by atoms with E-state index in [1.54, 1.807) is 0 Å². The zero-order valence-corrected chi connectivity index (χ0v) is 15.2. The van der Waals surface area contributed by atoms with Crippen LogP contribution in [0.4, 0.5) is 13.2 Å². The Balaban J connectivity index is 0.00000288. The van der Waals surface area contributed by atoms with E-state index in [9.17, 15) is 21.6 Å². The average molecular weight is 387 g/mol. The number of rotatable bonds is 4. The van der Waals surface area contributed by atoms with E-state index in [1.807, 2.05) is 7.05 Å². The van der Waals surface area contributed by atoms with Crippen LogP contribution < -0.4 is 5.32 Å². The second-order valence-electron chi connectivity index (χ2n) is 5.88. The first-order valence-corrected chi connectivity index (χ1v) is 8.93. The third kappa shape index (κ3) is 4.62. The van der Waals surface area contributed by atoms with E-state index >= 15 is 0 Å². The van der Waals surface area contributed by atoms with Gasteiger partial charge < -0.3 is 5.32 Å². The standard InChI is InChI=1S/C15H21F3N2O2S.ClH/c1-11-9-13(15(16,17)18)3-4-14(11)23(21,22)20-7-5-12(6-8-20)10-19-2;/h3-4,9,12,19H,5-8,10H2,1-2H3;1H. The summed E-state index contributed by atoms with van der Waals surface area (Å²) in [5.41, 5.74) is -0.709. The van der Waals surface area contributed by atoms with Crippen LogP contribution >= 0.6 is 12.4 Å². The SMILES string of the molecule is CNCC1CCN(S(=O)(=O)c2ccc(C(F)(F)F)cc2C)CC1.Cl. The molecule has 1 fully saturated rings. The van der Waals surface area contributed by atoms with Crippen molar-refractivity contribution < 1.29 is 21.6 Å². The van der Waals surface area contributed by atoms with Gasteiger partial charge in [0.2, 0.25) is 10.0 Å². The minimum atomic E-state index is -4.47. The van der Waals surface area contributed by atoms with E-state index in [0.29, 0.717) is 19.0 Å². The van der Waals surface area contributed by atoms with Crippen LogP contribution in [0.5, 0.6) is 0 Å². The molecule has 0 aliphatic carbocycles. The Morgan fingerprint density at radius 1 is 1.25 bits per heavy atom. The fraction of sp³-hybridized carbons (Fsp3) is 0.600.